The van der Waals surface area contributed by atoms with Gasteiger partial charge in [0.15, 0.2) is 0 Å². The molecule has 0 aliphatic heterocycles. The molecule has 1 atom stereocenters. The van der Waals surface area contributed by atoms with E-state index in [0.717, 1.165) is 12.8 Å². The first-order valence-electron chi connectivity index (χ1n) is 9.04. The van der Waals surface area contributed by atoms with Gasteiger partial charge in [0.05, 0.1) is 20.9 Å². The Morgan fingerprint density at radius 1 is 1.14 bits per heavy atom. The maximum atomic E-state index is 11.6. The van der Waals surface area contributed by atoms with Crippen molar-refractivity contribution in [3.63, 3.8) is 0 Å². The van der Waals surface area contributed by atoms with Crippen LogP contribution >= 0.6 is 11.6 Å². The third kappa shape index (κ3) is 3.99. The van der Waals surface area contributed by atoms with Gasteiger partial charge in [-0.15, -0.1) is 0 Å². The fourth-order valence-corrected chi connectivity index (χ4v) is 4.18. The molecule has 0 radical (unpaired) electrons. The molecule has 1 aliphatic carbocycles. The monoisotopic (exact) mass is 421 g/mol. The maximum Gasteiger partial charge on any atom is 0.296 e. The highest BCUT2D eigenvalue weighted by molar-refractivity contribution is 6.29. The van der Waals surface area contributed by atoms with E-state index in [1.807, 2.05) is 0 Å². The molecule has 1 fully saturated rings. The number of nitrogens with one attached hydrogen (secondary N) is 1. The molecule has 11 heteroatoms. The highest BCUT2D eigenvalue weighted by Crippen LogP contribution is 2.45. The summed E-state index contributed by atoms with van der Waals surface area (Å²) in [5.41, 5.74) is -0.866. The van der Waals surface area contributed by atoms with Crippen LogP contribution in [0.4, 0.5) is 17.2 Å². The fourth-order valence-electron chi connectivity index (χ4n) is 3.94. The summed E-state index contributed by atoms with van der Waals surface area (Å²) in [7, 11) is 0. The minimum absolute atomic E-state index is 0.0552. The van der Waals surface area contributed by atoms with E-state index in [4.69, 9.17) is 11.6 Å². The first-order valence-corrected chi connectivity index (χ1v) is 9.42. The van der Waals surface area contributed by atoms with E-state index >= 15 is 0 Å². The van der Waals surface area contributed by atoms with Crippen LogP contribution in [0.25, 0.3) is 0 Å². The molecule has 154 valence electrons. The smallest absolute Gasteiger partial charge is 0.296 e. The molecular weight excluding hydrogens is 402 g/mol. The number of aryl methyl sites for hydroxylation is 2. The van der Waals surface area contributed by atoms with E-state index in [2.05, 4.69) is 15.3 Å². The summed E-state index contributed by atoms with van der Waals surface area (Å²) in [6.45, 7) is 2.99. The summed E-state index contributed by atoms with van der Waals surface area (Å²) in [6, 6.07) is 4.13. The van der Waals surface area contributed by atoms with Crippen molar-refractivity contribution < 1.29 is 15.0 Å². The van der Waals surface area contributed by atoms with Crippen LogP contribution in [0, 0.1) is 34.1 Å². The van der Waals surface area contributed by atoms with Crippen molar-refractivity contribution in [2.75, 3.05) is 5.32 Å². The summed E-state index contributed by atoms with van der Waals surface area (Å²) in [5, 5.41) is 37.1. The molecule has 1 unspecified atom stereocenters. The van der Waals surface area contributed by atoms with Gasteiger partial charge in [-0.1, -0.05) is 24.4 Å². The normalized spacial score (nSPS) is 16.4. The first-order chi connectivity index (χ1) is 13.6. The lowest BCUT2D eigenvalue weighted by atomic mass is 9.85. The third-order valence-corrected chi connectivity index (χ3v) is 5.49. The number of aliphatic hydroxyl groups excluding tert-OH is 1. The van der Waals surface area contributed by atoms with Crippen LogP contribution < -0.4 is 5.32 Å². The number of anilines is 1. The van der Waals surface area contributed by atoms with Crippen LogP contribution in [0.5, 0.6) is 0 Å². The number of aromatic nitrogens is 2. The van der Waals surface area contributed by atoms with E-state index in [1.54, 1.807) is 0 Å². The molecule has 0 aromatic carbocycles. The minimum Gasteiger partial charge on any atom is -0.386 e. The number of hydrogen-bond donors (Lipinski definition) is 2. The Bertz CT molecular complexity index is 977. The average molecular weight is 422 g/mol. The molecule has 0 saturated heterocycles. The van der Waals surface area contributed by atoms with Crippen LogP contribution in [-0.4, -0.2) is 30.5 Å². The van der Waals surface area contributed by atoms with E-state index in [9.17, 15) is 25.3 Å². The molecule has 3 rings (SSSR count). The average Bonchev–Trinajstić information content (AvgIpc) is 3.09. The van der Waals surface area contributed by atoms with Crippen LogP contribution in [0.15, 0.2) is 18.2 Å². The number of halogens is 1. The number of aliphatic hydroxyl groups is 1. The van der Waals surface area contributed by atoms with Gasteiger partial charge in [-0.2, -0.15) is 0 Å². The Balaban J connectivity index is 2.03. The molecule has 2 aromatic heterocycles. The molecule has 2 heterocycles. The van der Waals surface area contributed by atoms with Gasteiger partial charge in [-0.25, -0.2) is 9.97 Å². The number of nitro groups is 2. The zero-order chi connectivity index (χ0) is 21.3. The molecule has 10 nitrogen and oxygen atoms in total. The summed E-state index contributed by atoms with van der Waals surface area (Å²) in [6.07, 6.45) is 1.45. The Hall–Kier alpha value is -2.85. The molecule has 2 N–H and O–H groups in total. The highest BCUT2D eigenvalue weighted by atomic mass is 35.5. The molecular formula is C18H20ClN5O5. The fraction of sp³-hybridized carbons (Fsp3) is 0.444. The van der Waals surface area contributed by atoms with E-state index in [1.165, 1.54) is 32.0 Å². The maximum absolute atomic E-state index is 11.6. The zero-order valence-corrected chi connectivity index (χ0v) is 16.6. The van der Waals surface area contributed by atoms with Crippen molar-refractivity contribution in [2.24, 2.45) is 0 Å². The molecule has 29 heavy (non-hydrogen) atoms. The summed E-state index contributed by atoms with van der Waals surface area (Å²) in [4.78, 5) is 29.7. The number of pyridine rings is 2. The molecule has 2 aromatic rings. The zero-order valence-electron chi connectivity index (χ0n) is 15.9. The van der Waals surface area contributed by atoms with Crippen molar-refractivity contribution in [2.45, 2.75) is 51.2 Å². The van der Waals surface area contributed by atoms with Crippen molar-refractivity contribution in [3.8, 4) is 0 Å². The van der Waals surface area contributed by atoms with Crippen molar-refractivity contribution in [1.29, 1.82) is 0 Å². The van der Waals surface area contributed by atoms with Crippen LogP contribution in [-0.2, 0) is 0 Å². The molecule has 0 amide bonds. The molecule has 1 aliphatic rings. The van der Waals surface area contributed by atoms with Crippen LogP contribution in [0.3, 0.4) is 0 Å². The second kappa shape index (κ2) is 7.88. The van der Waals surface area contributed by atoms with Gasteiger partial charge < -0.3 is 10.4 Å². The quantitative estimate of drug-likeness (QED) is 0.404. The predicted molar refractivity (Wildman–Crippen MR) is 106 cm³/mol. The Morgan fingerprint density at radius 3 is 2.34 bits per heavy atom. The first kappa shape index (κ1) is 20.9. The van der Waals surface area contributed by atoms with E-state index in [-0.39, 0.29) is 33.5 Å². The lowest BCUT2D eigenvalue weighted by Crippen LogP contribution is -2.42. The summed E-state index contributed by atoms with van der Waals surface area (Å²) < 4.78 is 0. The summed E-state index contributed by atoms with van der Waals surface area (Å²) >= 11 is 6.01. The van der Waals surface area contributed by atoms with Gasteiger partial charge in [-0.3, -0.25) is 20.2 Å². The van der Waals surface area contributed by atoms with Gasteiger partial charge in [0.1, 0.15) is 28.5 Å². The molecule has 1 saturated carbocycles. The topological polar surface area (TPSA) is 144 Å². The standard InChI is InChI=1S/C18H20ClN5O5/c1-10-13(23(26)27)5-6-15(21-10)22-18(7-3-4-8-18)17(25)12-9-14(19)20-11(2)16(12)24(28)29/h5-6,9,17,25H,3-4,7-8H2,1-2H3,(H,21,22). The second-order valence-electron chi connectivity index (χ2n) is 7.17. The Kier molecular flexibility index (Phi) is 5.67. The van der Waals surface area contributed by atoms with Crippen LogP contribution in [0.1, 0.15) is 48.7 Å². The largest absolute Gasteiger partial charge is 0.386 e. The number of hydrogen-bond acceptors (Lipinski definition) is 8. The minimum atomic E-state index is -1.25. The van der Waals surface area contributed by atoms with Crippen molar-refractivity contribution in [1.82, 2.24) is 9.97 Å². The number of rotatable bonds is 6. The number of nitrogens with zero attached hydrogens (tertiary/aromatic N) is 4. The van der Waals surface area contributed by atoms with Crippen molar-refractivity contribution >= 4 is 28.8 Å². The van der Waals surface area contributed by atoms with Gasteiger partial charge >= 0.3 is 0 Å². The SMILES string of the molecule is Cc1nc(NC2(C(O)c3cc(Cl)nc(C)c3[N+](=O)[O-])CCCC2)ccc1[N+](=O)[O-]. The van der Waals surface area contributed by atoms with E-state index < -0.39 is 21.5 Å². The van der Waals surface area contributed by atoms with Gasteiger partial charge in [-0.05, 0) is 38.8 Å². The van der Waals surface area contributed by atoms with Gasteiger partial charge in [0.2, 0.25) is 0 Å². The third-order valence-electron chi connectivity index (χ3n) is 5.29. The van der Waals surface area contributed by atoms with Gasteiger partial charge in [0, 0.05) is 6.07 Å². The predicted octanol–water partition coefficient (Wildman–Crippen LogP) is 4.02. The Labute approximate surface area is 171 Å². The van der Waals surface area contributed by atoms with Crippen LogP contribution in [0.2, 0.25) is 5.15 Å². The second-order valence-corrected chi connectivity index (χ2v) is 7.56. The van der Waals surface area contributed by atoms with Crippen molar-refractivity contribution in [3.05, 3.63) is 60.5 Å². The molecule has 0 spiro atoms. The lowest BCUT2D eigenvalue weighted by molar-refractivity contribution is -0.387. The molecule has 0 bridgehead atoms. The Morgan fingerprint density at radius 2 is 1.79 bits per heavy atom. The van der Waals surface area contributed by atoms with E-state index in [0.29, 0.717) is 18.7 Å². The highest BCUT2D eigenvalue weighted by Gasteiger charge is 2.44. The lowest BCUT2D eigenvalue weighted by Gasteiger charge is -2.36. The van der Waals surface area contributed by atoms with Gasteiger partial charge in [0.25, 0.3) is 11.4 Å². The summed E-state index contributed by atoms with van der Waals surface area (Å²) in [5.74, 6) is 0.355.